The molecule has 1 fully saturated rings. The van der Waals surface area contributed by atoms with Gasteiger partial charge in [-0.15, -0.1) is 0 Å². The Bertz CT molecular complexity index is 359. The molecule has 19 heavy (non-hydrogen) atoms. The quantitative estimate of drug-likeness (QED) is 0.221. The van der Waals surface area contributed by atoms with Crippen molar-refractivity contribution >= 4 is 11.9 Å². The van der Waals surface area contributed by atoms with Gasteiger partial charge in [-0.25, -0.2) is 0 Å². The van der Waals surface area contributed by atoms with Gasteiger partial charge in [-0.2, -0.15) is 0 Å². The number of carbonyl (C=O) groups is 2. The molecule has 0 N–H and O–H groups in total. The van der Waals surface area contributed by atoms with Gasteiger partial charge in [0.05, 0.1) is 13.2 Å². The van der Waals surface area contributed by atoms with Crippen molar-refractivity contribution in [3.8, 4) is 0 Å². The maximum absolute atomic E-state index is 11.9. The van der Waals surface area contributed by atoms with E-state index >= 15 is 0 Å². The Labute approximate surface area is 111 Å². The van der Waals surface area contributed by atoms with Crippen molar-refractivity contribution in [1.29, 1.82) is 0 Å². The van der Waals surface area contributed by atoms with Crippen LogP contribution in [-0.2, 0) is 19.1 Å². The molecule has 0 saturated heterocycles. The zero-order valence-electron chi connectivity index (χ0n) is 11.2. The van der Waals surface area contributed by atoms with Gasteiger partial charge in [-0.1, -0.05) is 19.0 Å². The highest BCUT2D eigenvalue weighted by atomic mass is 16.6. The first-order valence-corrected chi connectivity index (χ1v) is 6.53. The summed E-state index contributed by atoms with van der Waals surface area (Å²) < 4.78 is 10.0. The predicted octanol–water partition coefficient (Wildman–Crippen LogP) is 2.21. The van der Waals surface area contributed by atoms with E-state index in [1.54, 1.807) is 0 Å². The van der Waals surface area contributed by atoms with Crippen molar-refractivity contribution in [1.82, 2.24) is 0 Å². The molecule has 2 atom stereocenters. The molecule has 7 nitrogen and oxygen atoms in total. The molecule has 7 heteroatoms. The third kappa shape index (κ3) is 4.44. The largest absolute Gasteiger partial charge is 0.465 e. The Morgan fingerprint density at radius 3 is 2.21 bits per heavy atom. The monoisotopic (exact) mass is 269 g/mol. The van der Waals surface area contributed by atoms with Crippen molar-refractivity contribution < 1.29 is 19.1 Å². The first-order chi connectivity index (χ1) is 9.15. The summed E-state index contributed by atoms with van der Waals surface area (Å²) in [5, 5.41) is 3.53. The number of esters is 2. The summed E-state index contributed by atoms with van der Waals surface area (Å²) in [6.07, 6.45) is 1.90. The molecule has 0 bridgehead atoms. The number of azide groups is 1. The molecule has 0 aromatic carbocycles. The van der Waals surface area contributed by atoms with Crippen LogP contribution in [0.1, 0.15) is 33.1 Å². The van der Waals surface area contributed by atoms with Crippen LogP contribution in [0.25, 0.3) is 10.4 Å². The summed E-state index contributed by atoms with van der Waals surface area (Å²) in [7, 11) is 0. The topological polar surface area (TPSA) is 101 Å². The van der Waals surface area contributed by atoms with Crippen LogP contribution >= 0.6 is 0 Å². The van der Waals surface area contributed by atoms with Crippen molar-refractivity contribution in [2.45, 2.75) is 39.2 Å². The van der Waals surface area contributed by atoms with Gasteiger partial charge >= 0.3 is 11.9 Å². The van der Waals surface area contributed by atoms with Crippen LogP contribution in [0.4, 0.5) is 0 Å². The third-order valence-corrected chi connectivity index (χ3v) is 2.84. The second kappa shape index (κ2) is 7.63. The highest BCUT2D eigenvalue weighted by molar-refractivity contribution is 5.95. The second-order valence-corrected chi connectivity index (χ2v) is 4.48. The highest BCUT2D eigenvalue weighted by Gasteiger charge is 2.50. The van der Waals surface area contributed by atoms with Crippen LogP contribution in [0, 0.1) is 11.8 Å². The van der Waals surface area contributed by atoms with E-state index in [2.05, 4.69) is 10.0 Å². The molecule has 0 amide bonds. The standard InChI is InChI=1S/C12H19N3O4/c1-3-5-18-11(16)10(12(17)19-6-4-2)8-7-9(8)14-15-13/h8-10H,3-7H2,1-2H3. The van der Waals surface area contributed by atoms with E-state index < -0.39 is 17.9 Å². The maximum atomic E-state index is 11.9. The lowest BCUT2D eigenvalue weighted by Crippen LogP contribution is -2.31. The van der Waals surface area contributed by atoms with Gasteiger partial charge in [0.25, 0.3) is 0 Å². The van der Waals surface area contributed by atoms with Crippen molar-refractivity contribution in [3.63, 3.8) is 0 Å². The minimum atomic E-state index is -0.964. The average molecular weight is 269 g/mol. The van der Waals surface area contributed by atoms with Crippen LogP contribution < -0.4 is 0 Å². The number of nitrogens with zero attached hydrogens (tertiary/aromatic N) is 3. The van der Waals surface area contributed by atoms with Gasteiger partial charge in [0.15, 0.2) is 5.92 Å². The zero-order chi connectivity index (χ0) is 14.3. The number of ether oxygens (including phenoxy) is 2. The lowest BCUT2D eigenvalue weighted by molar-refractivity contribution is -0.163. The predicted molar refractivity (Wildman–Crippen MR) is 67.0 cm³/mol. The van der Waals surface area contributed by atoms with Gasteiger partial charge in [0.2, 0.25) is 0 Å². The summed E-state index contributed by atoms with van der Waals surface area (Å²) in [4.78, 5) is 26.5. The minimum Gasteiger partial charge on any atom is -0.465 e. The minimum absolute atomic E-state index is 0.273. The molecular formula is C12H19N3O4. The highest BCUT2D eigenvalue weighted by Crippen LogP contribution is 2.41. The van der Waals surface area contributed by atoms with E-state index in [9.17, 15) is 9.59 Å². The first kappa shape index (κ1) is 15.3. The SMILES string of the molecule is CCCOC(=O)C(C(=O)OCCC)C1CC1N=[N+]=[N-]. The fraction of sp³-hybridized carbons (Fsp3) is 0.833. The summed E-state index contributed by atoms with van der Waals surface area (Å²) in [5.74, 6) is -2.41. The summed E-state index contributed by atoms with van der Waals surface area (Å²) in [6, 6.07) is -0.307. The molecule has 1 aliphatic rings. The molecule has 1 aliphatic carbocycles. The number of hydrogen-bond donors (Lipinski definition) is 0. The van der Waals surface area contributed by atoms with Gasteiger partial charge in [0.1, 0.15) is 0 Å². The molecule has 0 heterocycles. The molecule has 0 aromatic rings. The van der Waals surface area contributed by atoms with Crippen LogP contribution in [0.2, 0.25) is 0 Å². The van der Waals surface area contributed by atoms with Gasteiger partial charge in [0, 0.05) is 11.0 Å². The lowest BCUT2D eigenvalue weighted by atomic mass is 10.0. The Morgan fingerprint density at radius 2 is 1.79 bits per heavy atom. The van der Waals surface area contributed by atoms with E-state index in [-0.39, 0.29) is 25.2 Å². The number of carbonyl (C=O) groups excluding carboxylic acids is 2. The molecule has 0 spiro atoms. The van der Waals surface area contributed by atoms with E-state index in [0.717, 1.165) is 0 Å². The summed E-state index contributed by atoms with van der Waals surface area (Å²) in [5.41, 5.74) is 8.36. The fourth-order valence-corrected chi connectivity index (χ4v) is 1.79. The maximum Gasteiger partial charge on any atom is 0.320 e. The van der Waals surface area contributed by atoms with E-state index in [0.29, 0.717) is 19.3 Å². The smallest absolute Gasteiger partial charge is 0.320 e. The zero-order valence-corrected chi connectivity index (χ0v) is 11.2. The van der Waals surface area contributed by atoms with Crippen molar-refractivity contribution in [3.05, 3.63) is 10.4 Å². The molecular weight excluding hydrogens is 250 g/mol. The van der Waals surface area contributed by atoms with Gasteiger partial charge < -0.3 is 9.47 Å². The van der Waals surface area contributed by atoms with Crippen LogP contribution in [0.3, 0.4) is 0 Å². The molecule has 106 valence electrons. The molecule has 0 aliphatic heterocycles. The van der Waals surface area contributed by atoms with E-state index in [1.165, 1.54) is 0 Å². The molecule has 2 unspecified atom stereocenters. The van der Waals surface area contributed by atoms with Crippen LogP contribution in [0.5, 0.6) is 0 Å². The number of hydrogen-bond acceptors (Lipinski definition) is 5. The summed E-state index contributed by atoms with van der Waals surface area (Å²) >= 11 is 0. The van der Waals surface area contributed by atoms with Crippen LogP contribution in [0.15, 0.2) is 5.11 Å². The molecule has 0 aromatic heterocycles. The molecule has 1 rings (SSSR count). The Hall–Kier alpha value is -1.75. The van der Waals surface area contributed by atoms with E-state index in [1.807, 2.05) is 13.8 Å². The normalized spacial score (nSPS) is 20.6. The van der Waals surface area contributed by atoms with Crippen molar-refractivity contribution in [2.75, 3.05) is 13.2 Å². The van der Waals surface area contributed by atoms with E-state index in [4.69, 9.17) is 15.0 Å². The first-order valence-electron chi connectivity index (χ1n) is 6.53. The van der Waals surface area contributed by atoms with Gasteiger partial charge in [-0.05, 0) is 30.7 Å². The van der Waals surface area contributed by atoms with Crippen molar-refractivity contribution in [2.24, 2.45) is 17.0 Å². The number of rotatable bonds is 8. The lowest BCUT2D eigenvalue weighted by Gasteiger charge is -2.14. The van der Waals surface area contributed by atoms with Gasteiger partial charge in [-0.3, -0.25) is 9.59 Å². The fourth-order valence-electron chi connectivity index (χ4n) is 1.79. The third-order valence-electron chi connectivity index (χ3n) is 2.84. The van der Waals surface area contributed by atoms with Crippen LogP contribution in [-0.4, -0.2) is 31.2 Å². The molecule has 1 saturated carbocycles. The molecule has 0 radical (unpaired) electrons. The second-order valence-electron chi connectivity index (χ2n) is 4.48. The Morgan fingerprint density at radius 1 is 1.26 bits per heavy atom. The Kier molecular flexibility index (Phi) is 6.15. The Balaban J connectivity index is 2.65. The average Bonchev–Trinajstić information content (AvgIpc) is 3.13. The summed E-state index contributed by atoms with van der Waals surface area (Å²) in [6.45, 7) is 4.29.